The molecule has 1 aliphatic rings. The summed E-state index contributed by atoms with van der Waals surface area (Å²) in [7, 11) is 0. The molecular formula is C15H18N2O2S. The first-order valence-electron chi connectivity index (χ1n) is 6.91. The Hall–Kier alpha value is -1.59. The number of nitrogens with zero attached hydrogens (tertiary/aromatic N) is 1. The molecule has 1 heterocycles. The smallest absolute Gasteiger partial charge is 0.158 e. The van der Waals surface area contributed by atoms with Crippen LogP contribution >= 0.6 is 11.3 Å². The molecule has 4 nitrogen and oxygen atoms in total. The third kappa shape index (κ3) is 2.64. The fraction of sp³-hybridized carbons (Fsp3) is 0.400. The Balaban J connectivity index is 1.94. The quantitative estimate of drug-likeness (QED) is 0.740. The van der Waals surface area contributed by atoms with E-state index in [1.807, 2.05) is 0 Å². The molecule has 0 amide bonds. The van der Waals surface area contributed by atoms with Crippen LogP contribution in [0.25, 0.3) is 10.6 Å². The summed E-state index contributed by atoms with van der Waals surface area (Å²) in [6.45, 7) is 3.89. The predicted octanol–water partition coefficient (Wildman–Crippen LogP) is 3.21. The average Bonchev–Trinajstić information content (AvgIpc) is 3.20. The zero-order chi connectivity index (χ0) is 14.1. The van der Waals surface area contributed by atoms with Gasteiger partial charge in [0.25, 0.3) is 0 Å². The summed E-state index contributed by atoms with van der Waals surface area (Å²) in [4.78, 5) is 6.04. The van der Waals surface area contributed by atoms with E-state index in [1.54, 1.807) is 23.5 Å². The van der Waals surface area contributed by atoms with Crippen LogP contribution in [0.5, 0.6) is 11.5 Å². The van der Waals surface area contributed by atoms with Gasteiger partial charge in [0.2, 0.25) is 0 Å². The van der Waals surface area contributed by atoms with Gasteiger partial charge < -0.3 is 15.5 Å². The van der Waals surface area contributed by atoms with Crippen molar-refractivity contribution in [2.45, 2.75) is 32.2 Å². The van der Waals surface area contributed by atoms with Crippen molar-refractivity contribution >= 4 is 11.3 Å². The number of phenolic OH excluding ortho intramolecular Hbond substituents is 2. The van der Waals surface area contributed by atoms with E-state index in [0.29, 0.717) is 5.92 Å². The highest BCUT2D eigenvalue weighted by atomic mass is 32.1. The van der Waals surface area contributed by atoms with E-state index < -0.39 is 0 Å². The van der Waals surface area contributed by atoms with Gasteiger partial charge in [-0.15, -0.1) is 11.3 Å². The Labute approximate surface area is 122 Å². The zero-order valence-corrected chi connectivity index (χ0v) is 12.2. The van der Waals surface area contributed by atoms with E-state index in [-0.39, 0.29) is 11.5 Å². The number of rotatable bonds is 5. The van der Waals surface area contributed by atoms with E-state index in [0.717, 1.165) is 23.7 Å². The van der Waals surface area contributed by atoms with Gasteiger partial charge >= 0.3 is 0 Å². The Morgan fingerprint density at radius 3 is 2.75 bits per heavy atom. The Bertz CT molecular complexity index is 620. The molecule has 0 spiro atoms. The lowest BCUT2D eigenvalue weighted by molar-refractivity contribution is 0.404. The number of hydrogen-bond donors (Lipinski definition) is 3. The van der Waals surface area contributed by atoms with Gasteiger partial charge in [-0.2, -0.15) is 0 Å². The van der Waals surface area contributed by atoms with Crippen molar-refractivity contribution in [3.63, 3.8) is 0 Å². The van der Waals surface area contributed by atoms with Crippen molar-refractivity contribution in [1.29, 1.82) is 0 Å². The predicted molar refractivity (Wildman–Crippen MR) is 80.2 cm³/mol. The van der Waals surface area contributed by atoms with Crippen LogP contribution in [0.4, 0.5) is 0 Å². The summed E-state index contributed by atoms with van der Waals surface area (Å²) in [6, 6.07) is 4.87. The summed E-state index contributed by atoms with van der Waals surface area (Å²) in [5.41, 5.74) is 2.06. The average molecular weight is 290 g/mol. The number of thiazole rings is 1. The van der Waals surface area contributed by atoms with Crippen LogP contribution in [0.1, 0.15) is 36.3 Å². The normalized spacial score (nSPS) is 14.7. The molecular weight excluding hydrogens is 272 g/mol. The lowest BCUT2D eigenvalue weighted by Crippen LogP contribution is -2.11. The highest BCUT2D eigenvalue weighted by molar-refractivity contribution is 7.15. The Morgan fingerprint density at radius 2 is 2.10 bits per heavy atom. The molecule has 0 radical (unpaired) electrons. The second-order valence-electron chi connectivity index (χ2n) is 5.09. The third-order valence-corrected chi connectivity index (χ3v) is 4.57. The van der Waals surface area contributed by atoms with Gasteiger partial charge in [-0.1, -0.05) is 6.92 Å². The fourth-order valence-corrected chi connectivity index (χ4v) is 3.30. The van der Waals surface area contributed by atoms with E-state index in [1.165, 1.54) is 29.5 Å². The molecule has 1 saturated carbocycles. The molecule has 106 valence electrons. The minimum atomic E-state index is -0.0982. The summed E-state index contributed by atoms with van der Waals surface area (Å²) < 4.78 is 0. The van der Waals surface area contributed by atoms with Gasteiger partial charge in [-0.05, 0) is 37.6 Å². The lowest BCUT2D eigenvalue weighted by atomic mass is 10.2. The van der Waals surface area contributed by atoms with Crippen molar-refractivity contribution in [2.75, 3.05) is 6.54 Å². The van der Waals surface area contributed by atoms with Crippen molar-refractivity contribution in [1.82, 2.24) is 10.3 Å². The number of hydrogen-bond acceptors (Lipinski definition) is 5. The molecule has 0 saturated heterocycles. The van der Waals surface area contributed by atoms with Gasteiger partial charge in [-0.3, -0.25) is 0 Å². The third-order valence-electron chi connectivity index (χ3n) is 3.45. The van der Waals surface area contributed by atoms with E-state index in [2.05, 4.69) is 12.2 Å². The number of benzene rings is 1. The van der Waals surface area contributed by atoms with Crippen molar-refractivity contribution in [3.8, 4) is 22.1 Å². The lowest BCUT2D eigenvalue weighted by Gasteiger charge is -2.00. The van der Waals surface area contributed by atoms with Gasteiger partial charge in [0.15, 0.2) is 11.5 Å². The number of aromatic nitrogens is 1. The summed E-state index contributed by atoms with van der Waals surface area (Å²) in [5.74, 6) is 0.416. The molecule has 0 aliphatic heterocycles. The van der Waals surface area contributed by atoms with Crippen molar-refractivity contribution in [3.05, 3.63) is 28.8 Å². The van der Waals surface area contributed by atoms with Crippen LogP contribution in [0.2, 0.25) is 0 Å². The molecule has 5 heteroatoms. The van der Waals surface area contributed by atoms with Gasteiger partial charge in [-0.25, -0.2) is 4.98 Å². The molecule has 0 bridgehead atoms. The first-order valence-corrected chi connectivity index (χ1v) is 7.73. The van der Waals surface area contributed by atoms with Crippen molar-refractivity contribution in [2.24, 2.45) is 0 Å². The SMILES string of the molecule is CCNCc1sc(-c2ccc(O)c(O)c2)nc1C1CC1. The number of nitrogens with one attached hydrogen (secondary N) is 1. The van der Waals surface area contributed by atoms with Crippen LogP contribution in [0, 0.1) is 0 Å². The van der Waals surface area contributed by atoms with Gasteiger partial charge in [0, 0.05) is 22.9 Å². The Kier molecular flexibility index (Phi) is 3.63. The summed E-state index contributed by atoms with van der Waals surface area (Å²) in [6.07, 6.45) is 2.45. The molecule has 3 rings (SSSR count). The second-order valence-corrected chi connectivity index (χ2v) is 6.17. The summed E-state index contributed by atoms with van der Waals surface area (Å²) in [5, 5.41) is 23.3. The number of phenols is 2. The fourth-order valence-electron chi connectivity index (χ4n) is 2.18. The monoisotopic (exact) mass is 290 g/mol. The highest BCUT2D eigenvalue weighted by Gasteiger charge is 2.29. The molecule has 0 atom stereocenters. The maximum absolute atomic E-state index is 9.61. The molecule has 0 unspecified atom stereocenters. The molecule has 1 aromatic heterocycles. The highest BCUT2D eigenvalue weighted by Crippen LogP contribution is 2.44. The van der Waals surface area contributed by atoms with Crippen LogP contribution in [0.15, 0.2) is 18.2 Å². The number of aromatic hydroxyl groups is 2. The minimum absolute atomic E-state index is 0.0967. The molecule has 3 N–H and O–H groups in total. The first-order chi connectivity index (χ1) is 9.69. The topological polar surface area (TPSA) is 65.4 Å². The van der Waals surface area contributed by atoms with E-state index >= 15 is 0 Å². The Morgan fingerprint density at radius 1 is 1.30 bits per heavy atom. The molecule has 2 aromatic rings. The van der Waals surface area contributed by atoms with Crippen molar-refractivity contribution < 1.29 is 10.2 Å². The minimum Gasteiger partial charge on any atom is -0.504 e. The molecule has 1 fully saturated rings. The molecule has 1 aromatic carbocycles. The van der Waals surface area contributed by atoms with Crippen LogP contribution in [0.3, 0.4) is 0 Å². The van der Waals surface area contributed by atoms with Gasteiger partial charge in [0.1, 0.15) is 5.01 Å². The first kappa shape index (κ1) is 13.4. The van der Waals surface area contributed by atoms with E-state index in [4.69, 9.17) is 4.98 Å². The maximum Gasteiger partial charge on any atom is 0.158 e. The van der Waals surface area contributed by atoms with E-state index in [9.17, 15) is 10.2 Å². The van der Waals surface area contributed by atoms with Gasteiger partial charge in [0.05, 0.1) is 5.69 Å². The standard InChI is InChI=1S/C15H18N2O2S/c1-2-16-8-13-14(9-3-4-9)17-15(20-13)10-5-6-11(18)12(19)7-10/h5-7,9,16,18-19H,2-4,8H2,1H3. The second kappa shape index (κ2) is 5.42. The van der Waals surface area contributed by atoms with Crippen LogP contribution in [-0.2, 0) is 6.54 Å². The summed E-state index contributed by atoms with van der Waals surface area (Å²) >= 11 is 1.67. The van der Waals surface area contributed by atoms with Crippen LogP contribution in [-0.4, -0.2) is 21.7 Å². The zero-order valence-electron chi connectivity index (χ0n) is 11.4. The molecule has 1 aliphatic carbocycles. The largest absolute Gasteiger partial charge is 0.504 e. The molecule has 20 heavy (non-hydrogen) atoms. The maximum atomic E-state index is 9.61. The van der Waals surface area contributed by atoms with Crippen LogP contribution < -0.4 is 5.32 Å².